The van der Waals surface area contributed by atoms with Gasteiger partial charge in [0.2, 0.25) is 11.8 Å². The maximum atomic E-state index is 11.8. The highest BCUT2D eigenvalue weighted by molar-refractivity contribution is 7.99. The first kappa shape index (κ1) is 14.5. The molecule has 0 aliphatic carbocycles. The van der Waals surface area contributed by atoms with E-state index in [-0.39, 0.29) is 11.7 Å². The Balaban J connectivity index is 1.62. The third kappa shape index (κ3) is 3.22. The number of aromatic nitrogens is 3. The number of carbonyl (C=O) groups excluding carboxylic acids is 1. The molecule has 114 valence electrons. The van der Waals surface area contributed by atoms with E-state index in [1.54, 1.807) is 20.1 Å². The first-order valence-corrected chi connectivity index (χ1v) is 7.52. The summed E-state index contributed by atoms with van der Waals surface area (Å²) in [5.74, 6) is 1.14. The van der Waals surface area contributed by atoms with Crippen molar-refractivity contribution in [3.63, 3.8) is 0 Å². The number of carbonyl (C=O) groups is 1. The topological polar surface area (TPSA) is 93.0 Å². The van der Waals surface area contributed by atoms with Crippen LogP contribution >= 0.6 is 11.8 Å². The number of nitrogens with zero attached hydrogens (tertiary/aromatic N) is 2. The molecular formula is C14H14N4O3S. The van der Waals surface area contributed by atoms with Crippen LogP contribution in [0.4, 0.5) is 5.88 Å². The van der Waals surface area contributed by atoms with Gasteiger partial charge in [0.25, 0.3) is 0 Å². The molecule has 8 heteroatoms. The van der Waals surface area contributed by atoms with E-state index in [4.69, 9.17) is 9.26 Å². The van der Waals surface area contributed by atoms with Crippen molar-refractivity contribution < 1.29 is 14.1 Å². The van der Waals surface area contributed by atoms with Gasteiger partial charge in [0, 0.05) is 12.1 Å². The van der Waals surface area contributed by atoms with E-state index < -0.39 is 0 Å². The van der Waals surface area contributed by atoms with Crippen molar-refractivity contribution in [3.8, 4) is 5.75 Å². The summed E-state index contributed by atoms with van der Waals surface area (Å²) in [6.45, 7) is 1.79. The highest BCUT2D eigenvalue weighted by Crippen LogP contribution is 2.23. The quantitative estimate of drug-likeness (QED) is 0.702. The van der Waals surface area contributed by atoms with Gasteiger partial charge in [-0.25, -0.2) is 4.98 Å². The van der Waals surface area contributed by atoms with Crippen molar-refractivity contribution >= 4 is 34.6 Å². The van der Waals surface area contributed by atoms with Crippen molar-refractivity contribution in [1.29, 1.82) is 0 Å². The zero-order valence-corrected chi connectivity index (χ0v) is 12.9. The predicted molar refractivity (Wildman–Crippen MR) is 83.2 cm³/mol. The second-order valence-electron chi connectivity index (χ2n) is 4.59. The van der Waals surface area contributed by atoms with Gasteiger partial charge in [0.1, 0.15) is 5.75 Å². The normalized spacial score (nSPS) is 10.8. The number of thioether (sulfide) groups is 1. The third-order valence-electron chi connectivity index (χ3n) is 2.90. The van der Waals surface area contributed by atoms with Crippen molar-refractivity contribution in [3.05, 3.63) is 30.0 Å². The van der Waals surface area contributed by atoms with E-state index in [9.17, 15) is 4.79 Å². The second kappa shape index (κ2) is 6.10. The van der Waals surface area contributed by atoms with Gasteiger partial charge in [-0.2, -0.15) is 0 Å². The largest absolute Gasteiger partial charge is 0.497 e. The van der Waals surface area contributed by atoms with E-state index in [2.05, 4.69) is 20.4 Å². The highest BCUT2D eigenvalue weighted by Gasteiger charge is 2.10. The molecule has 1 amide bonds. The van der Waals surface area contributed by atoms with E-state index >= 15 is 0 Å². The summed E-state index contributed by atoms with van der Waals surface area (Å²) < 4.78 is 10.1. The molecule has 0 spiro atoms. The molecule has 0 radical (unpaired) electrons. The Hall–Kier alpha value is -2.48. The SMILES string of the molecule is COc1ccc2nc(SCC(=O)Nc3cc(C)no3)[nH]c2c1. The van der Waals surface area contributed by atoms with Gasteiger partial charge in [-0.05, 0) is 19.1 Å². The lowest BCUT2D eigenvalue weighted by atomic mass is 10.3. The minimum atomic E-state index is -0.181. The number of rotatable bonds is 5. The summed E-state index contributed by atoms with van der Waals surface area (Å²) in [6, 6.07) is 7.24. The smallest absolute Gasteiger partial charge is 0.237 e. The van der Waals surface area contributed by atoms with Crippen molar-refractivity contribution in [2.24, 2.45) is 0 Å². The second-order valence-corrected chi connectivity index (χ2v) is 5.56. The molecule has 2 heterocycles. The Labute approximate surface area is 130 Å². The van der Waals surface area contributed by atoms with Crippen molar-refractivity contribution in [1.82, 2.24) is 15.1 Å². The molecule has 0 atom stereocenters. The Kier molecular flexibility index (Phi) is 4.01. The van der Waals surface area contributed by atoms with E-state index in [0.717, 1.165) is 16.8 Å². The molecule has 0 aliphatic heterocycles. The number of hydrogen-bond donors (Lipinski definition) is 2. The summed E-state index contributed by atoms with van der Waals surface area (Å²) in [7, 11) is 1.61. The van der Waals surface area contributed by atoms with E-state index in [0.29, 0.717) is 16.7 Å². The third-order valence-corrected chi connectivity index (χ3v) is 3.77. The van der Waals surface area contributed by atoms with Crippen LogP contribution in [0.5, 0.6) is 5.75 Å². The molecular weight excluding hydrogens is 304 g/mol. The zero-order chi connectivity index (χ0) is 15.5. The fourth-order valence-electron chi connectivity index (χ4n) is 1.89. The summed E-state index contributed by atoms with van der Waals surface area (Å²) in [5.41, 5.74) is 2.41. The maximum absolute atomic E-state index is 11.8. The van der Waals surface area contributed by atoms with Gasteiger partial charge < -0.3 is 14.2 Å². The first-order chi connectivity index (χ1) is 10.6. The fourth-order valence-corrected chi connectivity index (χ4v) is 2.58. The predicted octanol–water partition coefficient (Wildman–Crippen LogP) is 2.60. The van der Waals surface area contributed by atoms with Crippen LogP contribution in [0.25, 0.3) is 11.0 Å². The Morgan fingerprint density at radius 2 is 2.32 bits per heavy atom. The molecule has 2 N–H and O–H groups in total. The van der Waals surface area contributed by atoms with Crippen LogP contribution in [0, 0.1) is 6.92 Å². The van der Waals surface area contributed by atoms with Gasteiger partial charge in [-0.3, -0.25) is 10.1 Å². The molecule has 0 saturated heterocycles. The van der Waals surface area contributed by atoms with Crippen LogP contribution in [0.3, 0.4) is 0 Å². The number of imidazole rings is 1. The molecule has 0 unspecified atom stereocenters. The number of anilines is 1. The van der Waals surface area contributed by atoms with Gasteiger partial charge in [-0.1, -0.05) is 16.9 Å². The molecule has 3 rings (SSSR count). The molecule has 0 bridgehead atoms. The number of aromatic amines is 1. The van der Waals surface area contributed by atoms with Crippen molar-refractivity contribution in [2.45, 2.75) is 12.1 Å². The average Bonchev–Trinajstić information content (AvgIpc) is 3.10. The van der Waals surface area contributed by atoms with Crippen LogP contribution in [0.2, 0.25) is 0 Å². The monoisotopic (exact) mass is 318 g/mol. The molecule has 3 aromatic rings. The van der Waals surface area contributed by atoms with Gasteiger partial charge in [0.15, 0.2) is 5.16 Å². The van der Waals surface area contributed by atoms with Gasteiger partial charge >= 0.3 is 0 Å². The molecule has 7 nitrogen and oxygen atoms in total. The number of methoxy groups -OCH3 is 1. The average molecular weight is 318 g/mol. The minimum absolute atomic E-state index is 0.181. The lowest BCUT2D eigenvalue weighted by molar-refractivity contribution is -0.113. The van der Waals surface area contributed by atoms with Crippen LogP contribution in [0.1, 0.15) is 5.69 Å². The number of amides is 1. The van der Waals surface area contributed by atoms with Crippen molar-refractivity contribution in [2.75, 3.05) is 18.2 Å². The molecule has 2 aromatic heterocycles. The number of benzene rings is 1. The summed E-state index contributed by atoms with van der Waals surface area (Å²) in [5, 5.41) is 7.01. The Bertz CT molecular complexity index is 811. The van der Waals surface area contributed by atoms with Crippen LogP contribution < -0.4 is 10.1 Å². The lowest BCUT2D eigenvalue weighted by Crippen LogP contribution is -2.13. The number of H-pyrrole nitrogens is 1. The highest BCUT2D eigenvalue weighted by atomic mass is 32.2. The Morgan fingerprint density at radius 1 is 1.45 bits per heavy atom. The molecule has 0 aliphatic rings. The number of fused-ring (bicyclic) bond motifs is 1. The van der Waals surface area contributed by atoms with Crippen LogP contribution in [0.15, 0.2) is 33.9 Å². The number of nitrogens with one attached hydrogen (secondary N) is 2. The number of ether oxygens (including phenoxy) is 1. The summed E-state index contributed by atoms with van der Waals surface area (Å²) >= 11 is 1.31. The molecule has 22 heavy (non-hydrogen) atoms. The Morgan fingerprint density at radius 3 is 3.05 bits per heavy atom. The van der Waals surface area contributed by atoms with Crippen LogP contribution in [-0.2, 0) is 4.79 Å². The van der Waals surface area contributed by atoms with E-state index in [1.807, 2.05) is 18.2 Å². The van der Waals surface area contributed by atoms with Crippen LogP contribution in [-0.4, -0.2) is 33.9 Å². The fraction of sp³-hybridized carbons (Fsp3) is 0.214. The molecule has 0 saturated carbocycles. The number of aryl methyl sites for hydroxylation is 1. The summed E-state index contributed by atoms with van der Waals surface area (Å²) in [4.78, 5) is 19.4. The van der Waals surface area contributed by atoms with Gasteiger partial charge in [0.05, 0.1) is 29.6 Å². The summed E-state index contributed by atoms with van der Waals surface area (Å²) in [6.07, 6.45) is 0. The molecule has 1 aromatic carbocycles. The zero-order valence-electron chi connectivity index (χ0n) is 12.0. The van der Waals surface area contributed by atoms with E-state index in [1.165, 1.54) is 11.8 Å². The van der Waals surface area contributed by atoms with Gasteiger partial charge in [-0.15, -0.1) is 0 Å². The maximum Gasteiger partial charge on any atom is 0.237 e. The molecule has 0 fully saturated rings. The number of hydrogen-bond acceptors (Lipinski definition) is 6. The first-order valence-electron chi connectivity index (χ1n) is 6.54. The lowest BCUT2D eigenvalue weighted by Gasteiger charge is -1.98. The standard InChI is InChI=1S/C14H14N4O3S/c1-8-5-13(21-18-8)17-12(19)7-22-14-15-10-4-3-9(20-2)6-11(10)16-14/h3-6H,7H2,1-2H3,(H,15,16)(H,17,19). The minimum Gasteiger partial charge on any atom is -0.497 e.